The molecule has 8 nitrogen and oxygen atoms in total. The highest BCUT2D eigenvalue weighted by molar-refractivity contribution is 7.73. The van der Waals surface area contributed by atoms with Crippen molar-refractivity contribution < 1.29 is 23.8 Å². The summed E-state index contributed by atoms with van der Waals surface area (Å²) in [5.74, 6) is 0.827. The fourth-order valence-corrected chi connectivity index (χ4v) is 4.47. The lowest BCUT2D eigenvalue weighted by atomic mass is 10.1. The molecule has 0 aliphatic rings. The normalized spacial score (nSPS) is 10.5. The van der Waals surface area contributed by atoms with E-state index in [0.29, 0.717) is 51.2 Å². The van der Waals surface area contributed by atoms with E-state index in [1.807, 2.05) is 18.2 Å². The molecular formula is C23H25N3O5S2. The quantitative estimate of drug-likeness (QED) is 0.347. The van der Waals surface area contributed by atoms with E-state index in [2.05, 4.69) is 5.32 Å². The van der Waals surface area contributed by atoms with E-state index >= 15 is 0 Å². The van der Waals surface area contributed by atoms with Crippen molar-refractivity contribution in [2.45, 2.75) is 13.3 Å². The first-order chi connectivity index (χ1) is 15.9. The minimum absolute atomic E-state index is 0.248. The summed E-state index contributed by atoms with van der Waals surface area (Å²) in [7, 11) is 3.16. The monoisotopic (exact) mass is 487 g/mol. The van der Waals surface area contributed by atoms with E-state index in [9.17, 15) is 9.59 Å². The number of hydrogen-bond donors (Lipinski definition) is 2. The molecule has 0 radical (unpaired) electrons. The molecule has 3 N–H and O–H groups in total. The number of amides is 1. The predicted octanol–water partition coefficient (Wildman–Crippen LogP) is 4.02. The van der Waals surface area contributed by atoms with Gasteiger partial charge in [0, 0.05) is 12.2 Å². The number of methoxy groups -OCH3 is 2. The molecule has 33 heavy (non-hydrogen) atoms. The number of nitrogens with one attached hydrogen (secondary N) is 1. The number of benzene rings is 2. The molecule has 0 unspecified atom stereocenters. The number of carbonyl (C=O) groups is 2. The highest BCUT2D eigenvalue weighted by Gasteiger charge is 2.18. The van der Waals surface area contributed by atoms with Crippen LogP contribution in [0.3, 0.4) is 0 Å². The topological polar surface area (TPSA) is 105 Å². The van der Waals surface area contributed by atoms with Crippen LogP contribution in [0.4, 0.5) is 5.82 Å². The number of nitrogens with zero attached hydrogens (tertiary/aromatic N) is 1. The smallest absolute Gasteiger partial charge is 0.338 e. The van der Waals surface area contributed by atoms with E-state index in [4.69, 9.17) is 32.2 Å². The van der Waals surface area contributed by atoms with E-state index in [1.54, 1.807) is 50.0 Å². The van der Waals surface area contributed by atoms with Gasteiger partial charge in [-0.25, -0.2) is 4.79 Å². The molecule has 0 spiro atoms. The van der Waals surface area contributed by atoms with Gasteiger partial charge < -0.3 is 25.3 Å². The molecule has 10 heteroatoms. The second-order valence-corrected chi connectivity index (χ2v) is 8.52. The van der Waals surface area contributed by atoms with Crippen LogP contribution in [0.15, 0.2) is 42.5 Å². The van der Waals surface area contributed by atoms with Crippen molar-refractivity contribution in [1.82, 2.24) is 9.88 Å². The molecule has 0 aliphatic heterocycles. The van der Waals surface area contributed by atoms with Crippen molar-refractivity contribution in [3.05, 3.63) is 62.4 Å². The number of anilines is 1. The summed E-state index contributed by atoms with van der Waals surface area (Å²) >= 11 is 6.56. The third kappa shape index (κ3) is 5.52. The molecule has 0 fully saturated rings. The highest BCUT2D eigenvalue weighted by atomic mass is 32.1. The SMILES string of the molecule is CCOC(=O)c1ccc(-n2c(N)c(C(=O)NCCc3ccc(OC)c(OC)c3)sc2=S)cc1. The van der Waals surface area contributed by atoms with Gasteiger partial charge in [-0.1, -0.05) is 17.4 Å². The number of hydrogen-bond acceptors (Lipinski definition) is 8. The molecule has 0 bridgehead atoms. The molecule has 2 aromatic carbocycles. The van der Waals surface area contributed by atoms with E-state index in [0.717, 1.165) is 16.9 Å². The predicted molar refractivity (Wildman–Crippen MR) is 130 cm³/mol. The first kappa shape index (κ1) is 24.3. The lowest BCUT2D eigenvalue weighted by molar-refractivity contribution is 0.0526. The van der Waals surface area contributed by atoms with Crippen LogP contribution >= 0.6 is 23.6 Å². The Labute approximate surface area is 200 Å². The summed E-state index contributed by atoms with van der Waals surface area (Å²) in [5, 5.41) is 2.88. The van der Waals surface area contributed by atoms with Crippen LogP contribution in [0.25, 0.3) is 5.69 Å². The maximum absolute atomic E-state index is 12.7. The van der Waals surface area contributed by atoms with Crippen LogP contribution in [0.1, 0.15) is 32.5 Å². The van der Waals surface area contributed by atoms with Gasteiger partial charge in [0.15, 0.2) is 15.5 Å². The minimum Gasteiger partial charge on any atom is -0.493 e. The summed E-state index contributed by atoms with van der Waals surface area (Å²) in [4.78, 5) is 24.9. The molecule has 0 saturated heterocycles. The van der Waals surface area contributed by atoms with Crippen LogP contribution in [0.2, 0.25) is 0 Å². The van der Waals surface area contributed by atoms with Gasteiger partial charge >= 0.3 is 5.97 Å². The summed E-state index contributed by atoms with van der Waals surface area (Å²) in [6.45, 7) is 2.46. The summed E-state index contributed by atoms with van der Waals surface area (Å²) in [6, 6.07) is 12.3. The number of aromatic nitrogens is 1. The largest absolute Gasteiger partial charge is 0.493 e. The molecule has 1 heterocycles. The fourth-order valence-electron chi connectivity index (χ4n) is 3.19. The van der Waals surface area contributed by atoms with Gasteiger partial charge in [-0.05, 0) is 67.5 Å². The average Bonchev–Trinajstić information content (AvgIpc) is 3.12. The number of rotatable bonds is 9. The van der Waals surface area contributed by atoms with Gasteiger partial charge in [0.05, 0.1) is 26.4 Å². The molecule has 3 aromatic rings. The standard InChI is InChI=1S/C23H25N3O5S2/c1-4-31-22(28)15-6-8-16(9-7-15)26-20(24)19(33-23(26)32)21(27)25-12-11-14-5-10-17(29-2)18(13-14)30-3/h5-10,13H,4,11-12,24H2,1-3H3,(H,25,27). The Balaban J connectivity index is 1.70. The number of ether oxygens (including phenoxy) is 3. The van der Waals surface area contributed by atoms with E-state index < -0.39 is 5.97 Å². The second-order valence-electron chi connectivity index (χ2n) is 6.88. The maximum atomic E-state index is 12.7. The Morgan fingerprint density at radius 3 is 2.42 bits per heavy atom. The van der Waals surface area contributed by atoms with Crippen molar-refractivity contribution >= 4 is 41.2 Å². The zero-order chi connectivity index (χ0) is 24.0. The van der Waals surface area contributed by atoms with Gasteiger partial charge in [0.2, 0.25) is 0 Å². The van der Waals surface area contributed by atoms with Gasteiger partial charge in [-0.15, -0.1) is 0 Å². The zero-order valence-corrected chi connectivity index (χ0v) is 20.2. The fraction of sp³-hybridized carbons (Fsp3) is 0.261. The minimum atomic E-state index is -0.402. The number of nitrogen functional groups attached to an aromatic ring is 1. The van der Waals surface area contributed by atoms with Crippen LogP contribution in [0, 0.1) is 3.95 Å². The van der Waals surface area contributed by atoms with Crippen molar-refractivity contribution in [3.8, 4) is 17.2 Å². The lowest BCUT2D eigenvalue weighted by Crippen LogP contribution is -2.26. The molecule has 0 aliphatic carbocycles. The highest BCUT2D eigenvalue weighted by Crippen LogP contribution is 2.28. The number of carbonyl (C=O) groups excluding carboxylic acids is 2. The summed E-state index contributed by atoms with van der Waals surface area (Å²) in [6.07, 6.45) is 0.605. The zero-order valence-electron chi connectivity index (χ0n) is 18.5. The lowest BCUT2D eigenvalue weighted by Gasteiger charge is -2.10. The summed E-state index contributed by atoms with van der Waals surface area (Å²) < 4.78 is 17.6. The second kappa shape index (κ2) is 11.0. The van der Waals surface area contributed by atoms with Crippen LogP contribution in [0.5, 0.6) is 11.5 Å². The van der Waals surface area contributed by atoms with Gasteiger partial charge in [0.25, 0.3) is 5.91 Å². The molecule has 0 atom stereocenters. The molecular weight excluding hydrogens is 462 g/mol. The van der Waals surface area contributed by atoms with Crippen molar-refractivity contribution in [1.29, 1.82) is 0 Å². The number of thiazole rings is 1. The third-order valence-electron chi connectivity index (χ3n) is 4.84. The Morgan fingerprint density at radius 2 is 1.79 bits per heavy atom. The number of nitrogens with two attached hydrogens (primary N) is 1. The summed E-state index contributed by atoms with van der Waals surface area (Å²) in [5.41, 5.74) is 8.34. The van der Waals surface area contributed by atoms with Crippen LogP contribution < -0.4 is 20.5 Å². The first-order valence-electron chi connectivity index (χ1n) is 10.2. The van der Waals surface area contributed by atoms with Gasteiger partial charge in [0.1, 0.15) is 10.7 Å². The molecule has 3 rings (SSSR count). The van der Waals surface area contributed by atoms with Crippen molar-refractivity contribution in [2.75, 3.05) is 33.1 Å². The third-order valence-corrected chi connectivity index (χ3v) is 6.22. The van der Waals surface area contributed by atoms with Crippen LogP contribution in [-0.4, -0.2) is 43.8 Å². The average molecular weight is 488 g/mol. The van der Waals surface area contributed by atoms with Crippen molar-refractivity contribution in [3.63, 3.8) is 0 Å². The van der Waals surface area contributed by atoms with Gasteiger partial charge in [-0.3, -0.25) is 9.36 Å². The molecule has 1 amide bonds. The Kier molecular flexibility index (Phi) is 8.07. The Hall–Kier alpha value is -3.37. The Bertz CT molecular complexity index is 1200. The van der Waals surface area contributed by atoms with Crippen LogP contribution in [-0.2, 0) is 11.2 Å². The number of esters is 1. The van der Waals surface area contributed by atoms with E-state index in [-0.39, 0.29) is 11.7 Å². The van der Waals surface area contributed by atoms with Crippen molar-refractivity contribution in [2.24, 2.45) is 0 Å². The first-order valence-corrected chi connectivity index (χ1v) is 11.4. The maximum Gasteiger partial charge on any atom is 0.338 e. The molecule has 174 valence electrons. The molecule has 0 saturated carbocycles. The molecule has 1 aromatic heterocycles. The van der Waals surface area contributed by atoms with Gasteiger partial charge in [-0.2, -0.15) is 0 Å². The Morgan fingerprint density at radius 1 is 1.09 bits per heavy atom. The van der Waals surface area contributed by atoms with E-state index in [1.165, 1.54) is 0 Å².